The molecule has 0 aliphatic rings. The van der Waals surface area contributed by atoms with Gasteiger partial charge in [-0.15, -0.1) is 12.6 Å². The highest BCUT2D eigenvalue weighted by Crippen LogP contribution is 2.19. The minimum Gasteiger partial charge on any atom is -0.266 e. The molecule has 0 rings (SSSR count). The van der Waals surface area contributed by atoms with E-state index in [1.54, 1.807) is 6.21 Å². The zero-order chi connectivity index (χ0) is 11.1. The largest absolute Gasteiger partial charge is 0.266 e. The van der Waals surface area contributed by atoms with Crippen molar-refractivity contribution in [3.8, 4) is 0 Å². The molecule has 0 radical (unpaired) electrons. The average Bonchev–Trinajstić information content (AvgIpc) is 2.13. The number of allylic oxidation sites excluding steroid dienone is 5. The molecule has 14 heavy (non-hydrogen) atoms. The van der Waals surface area contributed by atoms with Crippen molar-refractivity contribution in [2.75, 3.05) is 0 Å². The van der Waals surface area contributed by atoms with Crippen LogP contribution in [0.1, 0.15) is 34.1 Å². The summed E-state index contributed by atoms with van der Waals surface area (Å²) in [7, 11) is 0. The van der Waals surface area contributed by atoms with Crippen molar-refractivity contribution in [1.29, 1.82) is 0 Å². The second-order valence-corrected chi connectivity index (χ2v) is 3.73. The molecule has 0 spiro atoms. The second-order valence-electron chi connectivity index (χ2n) is 3.16. The Morgan fingerprint density at radius 3 is 2.36 bits per heavy atom. The number of hydrogen-bond acceptors (Lipinski definition) is 2. The lowest BCUT2D eigenvalue weighted by Crippen LogP contribution is -1.86. The fourth-order valence-corrected chi connectivity index (χ4v) is 1.20. The van der Waals surface area contributed by atoms with Crippen LogP contribution in [-0.2, 0) is 0 Å². The summed E-state index contributed by atoms with van der Waals surface area (Å²) in [5, 5.41) is 0. The van der Waals surface area contributed by atoms with Gasteiger partial charge in [0, 0.05) is 11.9 Å². The first-order valence-electron chi connectivity index (χ1n) is 4.77. The van der Waals surface area contributed by atoms with Crippen molar-refractivity contribution in [2.45, 2.75) is 34.1 Å². The average molecular weight is 209 g/mol. The summed E-state index contributed by atoms with van der Waals surface area (Å²) in [6.07, 6.45) is 4.76. The summed E-state index contributed by atoms with van der Waals surface area (Å²) >= 11 is 4.36. The Balaban J connectivity index is 5.15. The standard InChI is InChI=1S/C12H19NS/c1-6-11(14)8-12(9(3)4)10(5)13-7-2/h7-8,14H,3,6H2,1-2,4-5H3/b11-8-,12-10-,13-7-. The Labute approximate surface area is 92.7 Å². The fourth-order valence-electron chi connectivity index (χ4n) is 1.07. The lowest BCUT2D eigenvalue weighted by atomic mass is 10.1. The van der Waals surface area contributed by atoms with E-state index in [0.717, 1.165) is 28.2 Å². The van der Waals surface area contributed by atoms with E-state index in [4.69, 9.17) is 0 Å². The molecule has 0 N–H and O–H groups in total. The minimum absolute atomic E-state index is 0.934. The van der Waals surface area contributed by atoms with Crippen LogP contribution >= 0.6 is 12.6 Å². The van der Waals surface area contributed by atoms with E-state index >= 15 is 0 Å². The van der Waals surface area contributed by atoms with Gasteiger partial charge in [-0.1, -0.05) is 13.5 Å². The van der Waals surface area contributed by atoms with Crippen molar-refractivity contribution in [3.63, 3.8) is 0 Å². The van der Waals surface area contributed by atoms with E-state index in [2.05, 4.69) is 31.1 Å². The normalized spacial score (nSPS) is 14.5. The molecule has 2 heteroatoms. The third-order valence-electron chi connectivity index (χ3n) is 1.85. The number of nitrogens with zero attached hydrogens (tertiary/aromatic N) is 1. The van der Waals surface area contributed by atoms with Gasteiger partial charge in [0.05, 0.1) is 0 Å². The summed E-state index contributed by atoms with van der Waals surface area (Å²) < 4.78 is 0. The number of thiol groups is 1. The summed E-state index contributed by atoms with van der Waals surface area (Å²) in [6, 6.07) is 0. The van der Waals surface area contributed by atoms with Gasteiger partial charge in [0.2, 0.25) is 0 Å². The van der Waals surface area contributed by atoms with Crippen LogP contribution in [0.15, 0.2) is 39.4 Å². The highest BCUT2D eigenvalue weighted by atomic mass is 32.1. The van der Waals surface area contributed by atoms with Gasteiger partial charge >= 0.3 is 0 Å². The van der Waals surface area contributed by atoms with Crippen molar-refractivity contribution < 1.29 is 0 Å². The van der Waals surface area contributed by atoms with Crippen LogP contribution in [0, 0.1) is 0 Å². The van der Waals surface area contributed by atoms with E-state index in [1.807, 2.05) is 26.8 Å². The van der Waals surface area contributed by atoms with Gasteiger partial charge < -0.3 is 0 Å². The molecule has 0 bridgehead atoms. The molecule has 0 fully saturated rings. The first-order chi connectivity index (χ1) is 6.52. The van der Waals surface area contributed by atoms with E-state index in [0.29, 0.717) is 0 Å². The molecule has 0 atom stereocenters. The Kier molecular flexibility index (Phi) is 6.30. The molecule has 0 saturated heterocycles. The maximum atomic E-state index is 4.36. The van der Waals surface area contributed by atoms with Crippen LogP contribution in [0.3, 0.4) is 0 Å². The van der Waals surface area contributed by atoms with Crippen LogP contribution in [0.2, 0.25) is 0 Å². The Bertz CT molecular complexity index is 295. The SMILES string of the molecule is C=C(C)C(/C=C(\S)CC)=C(C)\N=C/C. The zero-order valence-electron chi connectivity index (χ0n) is 9.46. The van der Waals surface area contributed by atoms with Crippen LogP contribution in [0.25, 0.3) is 0 Å². The molecule has 0 aliphatic carbocycles. The molecular weight excluding hydrogens is 190 g/mol. The van der Waals surface area contributed by atoms with Crippen molar-refractivity contribution in [2.24, 2.45) is 4.99 Å². The topological polar surface area (TPSA) is 12.4 Å². The molecule has 0 amide bonds. The molecule has 0 unspecified atom stereocenters. The molecule has 0 heterocycles. The Hall–Kier alpha value is -0.760. The van der Waals surface area contributed by atoms with E-state index < -0.39 is 0 Å². The third kappa shape index (κ3) is 4.47. The highest BCUT2D eigenvalue weighted by Gasteiger charge is 2.00. The smallest absolute Gasteiger partial charge is 0.0443 e. The number of aliphatic imine (C=N–C) groups is 1. The van der Waals surface area contributed by atoms with Gasteiger partial charge in [-0.2, -0.15) is 0 Å². The monoisotopic (exact) mass is 209 g/mol. The van der Waals surface area contributed by atoms with E-state index in [9.17, 15) is 0 Å². The van der Waals surface area contributed by atoms with Gasteiger partial charge in [-0.05, 0) is 49.3 Å². The first kappa shape index (κ1) is 13.2. The van der Waals surface area contributed by atoms with Gasteiger partial charge in [0.15, 0.2) is 0 Å². The quantitative estimate of drug-likeness (QED) is 0.406. The van der Waals surface area contributed by atoms with Crippen LogP contribution in [0.4, 0.5) is 0 Å². The van der Waals surface area contributed by atoms with Crippen molar-refractivity contribution in [3.05, 3.63) is 34.4 Å². The van der Waals surface area contributed by atoms with Gasteiger partial charge in [-0.3, -0.25) is 4.99 Å². The summed E-state index contributed by atoms with van der Waals surface area (Å²) in [6.45, 7) is 11.9. The maximum absolute atomic E-state index is 4.36. The lowest BCUT2D eigenvalue weighted by molar-refractivity contribution is 1.18. The third-order valence-corrected chi connectivity index (χ3v) is 2.29. The molecule has 78 valence electrons. The summed E-state index contributed by atoms with van der Waals surface area (Å²) in [5.74, 6) is 0. The molecule has 0 saturated carbocycles. The van der Waals surface area contributed by atoms with Gasteiger partial charge in [-0.25, -0.2) is 0 Å². The van der Waals surface area contributed by atoms with E-state index in [1.165, 1.54) is 0 Å². The Morgan fingerprint density at radius 2 is 2.00 bits per heavy atom. The summed E-state index contributed by atoms with van der Waals surface area (Å²) in [5.41, 5.74) is 3.09. The van der Waals surface area contributed by atoms with Crippen LogP contribution < -0.4 is 0 Å². The number of hydrogen-bond donors (Lipinski definition) is 1. The van der Waals surface area contributed by atoms with Crippen LogP contribution in [-0.4, -0.2) is 6.21 Å². The fraction of sp³-hybridized carbons (Fsp3) is 0.417. The van der Waals surface area contributed by atoms with E-state index in [-0.39, 0.29) is 0 Å². The molecule has 0 aromatic heterocycles. The number of rotatable bonds is 4. The first-order valence-corrected chi connectivity index (χ1v) is 5.22. The Morgan fingerprint density at radius 1 is 1.43 bits per heavy atom. The zero-order valence-corrected chi connectivity index (χ0v) is 10.4. The predicted octanol–water partition coefficient (Wildman–Crippen LogP) is 4.15. The maximum Gasteiger partial charge on any atom is 0.0443 e. The lowest BCUT2D eigenvalue weighted by Gasteiger charge is -2.05. The molecular formula is C12H19NS. The van der Waals surface area contributed by atoms with Gasteiger partial charge in [0.25, 0.3) is 0 Å². The van der Waals surface area contributed by atoms with Crippen molar-refractivity contribution >= 4 is 18.8 Å². The molecule has 0 aromatic carbocycles. The molecule has 0 aliphatic heterocycles. The second kappa shape index (κ2) is 6.66. The minimum atomic E-state index is 0.934. The highest BCUT2D eigenvalue weighted by molar-refractivity contribution is 7.84. The van der Waals surface area contributed by atoms with Gasteiger partial charge in [0.1, 0.15) is 0 Å². The van der Waals surface area contributed by atoms with Crippen LogP contribution in [0.5, 0.6) is 0 Å². The summed E-state index contributed by atoms with van der Waals surface area (Å²) in [4.78, 5) is 5.30. The molecule has 0 aromatic rings. The van der Waals surface area contributed by atoms with Crippen molar-refractivity contribution in [1.82, 2.24) is 0 Å². The molecule has 1 nitrogen and oxygen atoms in total. The predicted molar refractivity (Wildman–Crippen MR) is 69.0 cm³/mol.